The van der Waals surface area contributed by atoms with E-state index in [1.165, 1.54) is 127 Å². The van der Waals surface area contributed by atoms with Gasteiger partial charge in [-0.3, -0.25) is 0 Å². The van der Waals surface area contributed by atoms with Crippen LogP contribution in [0.2, 0.25) is 0 Å². The fraction of sp³-hybridized carbons (Fsp3) is 0.667. The summed E-state index contributed by atoms with van der Waals surface area (Å²) in [5, 5.41) is 23.9. The molecule has 0 spiro atoms. The van der Waals surface area contributed by atoms with Gasteiger partial charge in [-0.25, -0.2) is 0 Å². The number of benzene rings is 4. The minimum atomic E-state index is -0.114. The highest BCUT2D eigenvalue weighted by Crippen LogP contribution is 2.86. The van der Waals surface area contributed by atoms with Gasteiger partial charge in [0.1, 0.15) is 34.5 Å². The third kappa shape index (κ3) is 6.85. The van der Waals surface area contributed by atoms with Crippen molar-refractivity contribution in [3.8, 4) is 34.5 Å². The molecule has 414 valence electrons. The van der Waals surface area contributed by atoms with Crippen LogP contribution in [0.3, 0.4) is 0 Å². The molecule has 0 heterocycles. The van der Waals surface area contributed by atoms with E-state index in [0.29, 0.717) is 66.5 Å². The highest BCUT2D eigenvalue weighted by Gasteiger charge is 2.77. The van der Waals surface area contributed by atoms with E-state index in [4.69, 9.17) is 20.9 Å². The Morgan fingerprint density at radius 1 is 0.333 bits per heavy atom. The maximum Gasteiger partial charge on any atom is 0.145 e. The van der Waals surface area contributed by atoms with Gasteiger partial charge in [0.25, 0.3) is 0 Å². The Bertz CT molecular complexity index is 2950. The molecule has 6 nitrogen and oxygen atoms in total. The van der Waals surface area contributed by atoms with Crippen LogP contribution in [-0.2, 0) is 21.7 Å². The van der Waals surface area contributed by atoms with Crippen LogP contribution in [0, 0.1) is 66.0 Å². The van der Waals surface area contributed by atoms with Crippen molar-refractivity contribution in [3.05, 3.63) is 95.1 Å². The van der Waals surface area contributed by atoms with Crippen molar-refractivity contribution < 1.29 is 19.7 Å². The molecule has 16 aliphatic carbocycles. The summed E-state index contributed by atoms with van der Waals surface area (Å²) >= 11 is 0. The van der Waals surface area contributed by atoms with Crippen LogP contribution in [0.25, 0.3) is 0 Å². The largest absolute Gasteiger partial charge is 0.505 e. The van der Waals surface area contributed by atoms with Gasteiger partial charge in [-0.1, -0.05) is 79.7 Å². The van der Waals surface area contributed by atoms with Gasteiger partial charge in [0.15, 0.2) is 0 Å². The zero-order valence-corrected chi connectivity index (χ0v) is 48.9. The second kappa shape index (κ2) is 14.6. The predicted octanol–water partition coefficient (Wildman–Crippen LogP) is 18.3. The van der Waals surface area contributed by atoms with Gasteiger partial charge in [0.2, 0.25) is 0 Å². The quantitative estimate of drug-likeness (QED) is 0.0982. The smallest absolute Gasteiger partial charge is 0.145 e. The average Bonchev–Trinajstić information content (AvgIpc) is 0.950. The van der Waals surface area contributed by atoms with Crippen LogP contribution < -0.4 is 20.9 Å². The summed E-state index contributed by atoms with van der Waals surface area (Å²) in [4.78, 5) is 0. The van der Waals surface area contributed by atoms with Crippen LogP contribution >= 0.6 is 0 Å². The first-order valence-corrected chi connectivity index (χ1v) is 31.4. The van der Waals surface area contributed by atoms with Crippen LogP contribution in [0.4, 0.5) is 11.4 Å². The van der Waals surface area contributed by atoms with Gasteiger partial charge in [-0.15, -0.1) is 0 Å². The number of phenolic OH excluding ortho intramolecular Hbond substituents is 2. The number of hydrogen-bond donors (Lipinski definition) is 4. The lowest BCUT2D eigenvalue weighted by Gasteiger charge is -2.80. The third-order valence-corrected chi connectivity index (χ3v) is 26.4. The minimum absolute atomic E-state index is 0.114. The molecule has 4 aromatic carbocycles. The van der Waals surface area contributed by atoms with E-state index in [2.05, 4.69) is 116 Å². The topological polar surface area (TPSA) is 111 Å². The maximum atomic E-state index is 11.9. The molecule has 8 unspecified atom stereocenters. The SMILES string of the molecule is CC12CC3CC(C)(C1)CC(c1c(Oc4ccc(C56CC7(C)CC(C)(C5)CC(C58CC9(C)CC(C)(CC(c%10ccc(Oc%11ccc(N)c(O)c%11C%11%12CC%13CC(C)(CC(C)(C%13)C%11)C%12)cc%10)(C9)C5)C8)(C7)C6)cc4)ccc(N)c1O)(C3)C2. The number of ether oxygens (including phenoxy) is 2. The molecule has 20 rings (SSSR count). The van der Waals surface area contributed by atoms with E-state index < -0.39 is 0 Å². The number of nitrogens with two attached hydrogens (primary N) is 2. The Morgan fingerprint density at radius 3 is 0.936 bits per heavy atom. The lowest BCUT2D eigenvalue weighted by atomic mass is 9.24. The summed E-state index contributed by atoms with van der Waals surface area (Å²) in [6.45, 7) is 20.9. The Balaban J connectivity index is 0.712. The minimum Gasteiger partial charge on any atom is -0.505 e. The molecule has 0 amide bonds. The second-order valence-electron chi connectivity index (χ2n) is 35.3. The maximum absolute atomic E-state index is 11.9. The third-order valence-electron chi connectivity index (χ3n) is 26.4. The Kier molecular flexibility index (Phi) is 9.29. The van der Waals surface area contributed by atoms with E-state index in [9.17, 15) is 10.2 Å². The van der Waals surface area contributed by atoms with Crippen LogP contribution in [0.1, 0.15) is 232 Å². The summed E-state index contributed by atoms with van der Waals surface area (Å²) in [7, 11) is 0. The molecule has 0 aliphatic heterocycles. The summed E-state index contributed by atoms with van der Waals surface area (Å²) < 4.78 is 14.1. The first-order valence-electron chi connectivity index (χ1n) is 31.4. The number of anilines is 2. The Morgan fingerprint density at radius 2 is 0.628 bits per heavy atom. The molecule has 78 heavy (non-hydrogen) atoms. The van der Waals surface area contributed by atoms with Gasteiger partial charge in [0, 0.05) is 22.0 Å². The van der Waals surface area contributed by atoms with Crippen molar-refractivity contribution in [3.63, 3.8) is 0 Å². The summed E-state index contributed by atoms with van der Waals surface area (Å²) in [5.41, 5.74) is 22.0. The molecular weight excluding hydrogens is 957 g/mol. The zero-order valence-electron chi connectivity index (χ0n) is 48.9. The summed E-state index contributed by atoms with van der Waals surface area (Å²) in [6, 6.07) is 26.8. The molecule has 0 saturated heterocycles. The Hall–Kier alpha value is -4.32. The van der Waals surface area contributed by atoms with Crippen molar-refractivity contribution in [1.29, 1.82) is 0 Å². The van der Waals surface area contributed by atoms with Crippen molar-refractivity contribution >= 4 is 11.4 Å². The lowest BCUT2D eigenvalue weighted by Crippen LogP contribution is -2.71. The lowest BCUT2D eigenvalue weighted by molar-refractivity contribution is -0.275. The van der Waals surface area contributed by atoms with Gasteiger partial charge < -0.3 is 31.2 Å². The van der Waals surface area contributed by atoms with Gasteiger partial charge in [-0.2, -0.15) is 0 Å². The van der Waals surface area contributed by atoms with E-state index in [1.54, 1.807) is 0 Å². The van der Waals surface area contributed by atoms with Gasteiger partial charge in [0.05, 0.1) is 11.4 Å². The number of hydrogen-bond acceptors (Lipinski definition) is 6. The van der Waals surface area contributed by atoms with Crippen molar-refractivity contribution in [2.45, 2.75) is 231 Å². The van der Waals surface area contributed by atoms with Crippen LogP contribution in [0.15, 0.2) is 72.8 Å². The molecule has 6 heteroatoms. The van der Waals surface area contributed by atoms with Crippen LogP contribution in [-0.4, -0.2) is 10.2 Å². The van der Waals surface area contributed by atoms with Crippen molar-refractivity contribution in [2.75, 3.05) is 11.5 Å². The molecule has 16 aliphatic rings. The fourth-order valence-electron chi connectivity index (χ4n) is 29.0. The zero-order chi connectivity index (χ0) is 54.0. The van der Waals surface area contributed by atoms with E-state index in [1.807, 2.05) is 12.1 Å². The molecule has 0 radical (unpaired) electrons. The van der Waals surface area contributed by atoms with Crippen molar-refractivity contribution in [2.24, 2.45) is 66.0 Å². The Labute approximate surface area is 467 Å². The normalized spacial score (nSPS) is 49.2. The molecular formula is C72H92N2O4. The molecule has 6 N–H and O–H groups in total. The standard InChI is InChI=1S/C72H92N2O4/c1-59-21-45-22-60(2,27-59)32-67(25-45,31-59)55-53(19-17-51(73)57(55)75)77-49-13-9-47(10-14-49)69-35-63(5)29-64(6,36-69)40-71(39-63,43-69)72-41-65(7)30-66(8,42-72)38-70(37-65,44-72)48-11-15-50(16-12-48)78-54-20-18-52(74)58(76)56(54)68-26-46-23-61(3,33-68)28-62(4,24-46)34-68/h9-20,45-46,75-76H,21-44,73-74H2,1-8H3. The molecule has 8 atom stereocenters. The number of phenols is 2. The molecule has 16 saturated carbocycles. The van der Waals surface area contributed by atoms with Gasteiger partial charge >= 0.3 is 0 Å². The average molecular weight is 1050 g/mol. The first kappa shape index (κ1) is 49.5. The number of aromatic hydroxyl groups is 2. The summed E-state index contributed by atoms with van der Waals surface area (Å²) in [5.74, 6) is 5.20. The number of nitrogen functional groups attached to an aromatic ring is 2. The van der Waals surface area contributed by atoms with Crippen LogP contribution in [0.5, 0.6) is 34.5 Å². The van der Waals surface area contributed by atoms with Crippen molar-refractivity contribution in [1.82, 2.24) is 0 Å². The van der Waals surface area contributed by atoms with Gasteiger partial charge in [-0.05, 0) is 291 Å². The van der Waals surface area contributed by atoms with E-state index in [-0.39, 0.29) is 44.0 Å². The first-order chi connectivity index (χ1) is 36.5. The van der Waals surface area contributed by atoms with E-state index in [0.717, 1.165) is 72.6 Å². The predicted molar refractivity (Wildman–Crippen MR) is 312 cm³/mol. The molecule has 0 aromatic heterocycles. The second-order valence-corrected chi connectivity index (χ2v) is 35.3. The highest BCUT2D eigenvalue weighted by molar-refractivity contribution is 5.66. The highest BCUT2D eigenvalue weighted by atomic mass is 16.5. The molecule has 4 aromatic rings. The summed E-state index contributed by atoms with van der Waals surface area (Å²) in [6.07, 6.45) is 30.3. The molecule has 16 bridgehead atoms. The molecule has 16 fully saturated rings. The van der Waals surface area contributed by atoms with E-state index >= 15 is 0 Å². The fourth-order valence-corrected chi connectivity index (χ4v) is 29.0. The monoisotopic (exact) mass is 1050 g/mol. The number of rotatable bonds is 9.